The van der Waals surface area contributed by atoms with Crippen LogP contribution in [0.3, 0.4) is 0 Å². The van der Waals surface area contributed by atoms with Gasteiger partial charge in [0.1, 0.15) is 0 Å². The molecule has 1 N–H and O–H groups in total. The molecule has 1 rings (SSSR count). The van der Waals surface area contributed by atoms with Crippen LogP contribution in [0.25, 0.3) is 0 Å². The fourth-order valence-electron chi connectivity index (χ4n) is 0.406. The SMILES string of the molecule is C1=CC=CNC=C1.[Pd]. The third-order valence-corrected chi connectivity index (χ3v) is 0.718. The molecule has 0 aliphatic carbocycles. The van der Waals surface area contributed by atoms with E-state index in [0.29, 0.717) is 0 Å². The fourth-order valence-corrected chi connectivity index (χ4v) is 0.406. The molecule has 0 radical (unpaired) electrons. The van der Waals surface area contributed by atoms with Gasteiger partial charge < -0.3 is 5.32 Å². The van der Waals surface area contributed by atoms with Crippen molar-refractivity contribution < 1.29 is 20.4 Å². The molecular weight excluding hydrogens is 192 g/mol. The second-order valence-corrected chi connectivity index (χ2v) is 1.27. The van der Waals surface area contributed by atoms with Gasteiger partial charge in [-0.1, -0.05) is 12.2 Å². The van der Waals surface area contributed by atoms with Gasteiger partial charge in [-0.3, -0.25) is 0 Å². The molecule has 1 nitrogen and oxygen atoms in total. The standard InChI is InChI=1S/C6H7N.Pd/c1-2-4-6-7-5-3-1;/h1-7H;. The maximum absolute atomic E-state index is 2.92. The van der Waals surface area contributed by atoms with E-state index in [4.69, 9.17) is 0 Å². The van der Waals surface area contributed by atoms with Gasteiger partial charge in [0.15, 0.2) is 0 Å². The molecule has 1 aliphatic rings. The molecule has 0 amide bonds. The topological polar surface area (TPSA) is 12.0 Å². The Morgan fingerprint density at radius 2 is 1.25 bits per heavy atom. The average molecular weight is 200 g/mol. The number of allylic oxidation sites excluding steroid dienone is 4. The van der Waals surface area contributed by atoms with Crippen molar-refractivity contribution in [1.29, 1.82) is 0 Å². The number of hydrogen-bond acceptors (Lipinski definition) is 1. The Morgan fingerprint density at radius 1 is 0.750 bits per heavy atom. The molecule has 0 spiro atoms. The fraction of sp³-hybridized carbons (Fsp3) is 0. The molecule has 0 fully saturated rings. The summed E-state index contributed by atoms with van der Waals surface area (Å²) < 4.78 is 0. The van der Waals surface area contributed by atoms with Crippen molar-refractivity contribution in [2.24, 2.45) is 0 Å². The smallest absolute Gasteiger partial charge is 0.000442 e. The Hall–Kier alpha value is -0.318. The molecule has 0 unspecified atom stereocenters. The molecule has 0 aromatic heterocycles. The van der Waals surface area contributed by atoms with Gasteiger partial charge in [-0.2, -0.15) is 0 Å². The van der Waals surface area contributed by atoms with Gasteiger partial charge in [-0.15, -0.1) is 0 Å². The molecular formula is C6H7NPd. The summed E-state index contributed by atoms with van der Waals surface area (Å²) in [6.07, 6.45) is 11.6. The summed E-state index contributed by atoms with van der Waals surface area (Å²) in [4.78, 5) is 0. The zero-order valence-electron chi connectivity index (χ0n) is 4.28. The van der Waals surface area contributed by atoms with Crippen LogP contribution in [-0.2, 0) is 20.4 Å². The normalized spacial score (nSPS) is 14.0. The summed E-state index contributed by atoms with van der Waals surface area (Å²) in [7, 11) is 0. The van der Waals surface area contributed by atoms with Gasteiger partial charge in [-0.25, -0.2) is 0 Å². The number of nitrogens with one attached hydrogen (secondary N) is 1. The van der Waals surface area contributed by atoms with Gasteiger partial charge in [0.05, 0.1) is 0 Å². The summed E-state index contributed by atoms with van der Waals surface area (Å²) in [5.41, 5.74) is 0. The van der Waals surface area contributed by atoms with Crippen LogP contribution in [-0.4, -0.2) is 0 Å². The predicted molar refractivity (Wildman–Crippen MR) is 30.6 cm³/mol. The zero-order valence-corrected chi connectivity index (χ0v) is 5.83. The van der Waals surface area contributed by atoms with Gasteiger partial charge in [-0.05, 0) is 12.2 Å². The van der Waals surface area contributed by atoms with Gasteiger partial charge in [0.25, 0.3) is 0 Å². The zero-order chi connectivity index (χ0) is 4.95. The Kier molecular flexibility index (Phi) is 4.64. The molecule has 0 aromatic carbocycles. The molecule has 46 valence electrons. The largest absolute Gasteiger partial charge is 0.368 e. The van der Waals surface area contributed by atoms with Crippen molar-refractivity contribution in [2.75, 3.05) is 0 Å². The predicted octanol–water partition coefficient (Wildman–Crippen LogP) is 1.17. The minimum atomic E-state index is 0. The third kappa shape index (κ3) is 2.79. The van der Waals surface area contributed by atoms with Crippen LogP contribution in [0.4, 0.5) is 0 Å². The van der Waals surface area contributed by atoms with Crippen LogP contribution < -0.4 is 5.32 Å². The van der Waals surface area contributed by atoms with Crippen molar-refractivity contribution in [3.05, 3.63) is 36.7 Å². The molecule has 0 aromatic rings. The Morgan fingerprint density at radius 3 is 1.75 bits per heavy atom. The Balaban J connectivity index is 0.000000490. The molecule has 0 bridgehead atoms. The minimum Gasteiger partial charge on any atom is -0.368 e. The first kappa shape index (κ1) is 7.68. The summed E-state index contributed by atoms with van der Waals surface area (Å²) in [6, 6.07) is 0. The Labute approximate surface area is 62.8 Å². The minimum absolute atomic E-state index is 0. The quantitative estimate of drug-likeness (QED) is 0.578. The summed E-state index contributed by atoms with van der Waals surface area (Å²) in [5.74, 6) is 0. The summed E-state index contributed by atoms with van der Waals surface area (Å²) in [5, 5.41) is 2.92. The van der Waals surface area contributed by atoms with E-state index in [2.05, 4.69) is 5.32 Å². The van der Waals surface area contributed by atoms with E-state index in [1.165, 1.54) is 0 Å². The maximum atomic E-state index is 2.92. The van der Waals surface area contributed by atoms with E-state index in [-0.39, 0.29) is 20.4 Å². The Bertz CT molecular complexity index is 110. The number of rotatable bonds is 0. The van der Waals surface area contributed by atoms with E-state index >= 15 is 0 Å². The van der Waals surface area contributed by atoms with Gasteiger partial charge in [0.2, 0.25) is 0 Å². The van der Waals surface area contributed by atoms with E-state index < -0.39 is 0 Å². The van der Waals surface area contributed by atoms with Crippen LogP contribution in [0, 0.1) is 0 Å². The van der Waals surface area contributed by atoms with Crippen molar-refractivity contribution in [2.45, 2.75) is 0 Å². The van der Waals surface area contributed by atoms with E-state index in [1.807, 2.05) is 36.7 Å². The monoisotopic (exact) mass is 199 g/mol. The molecule has 8 heavy (non-hydrogen) atoms. The first-order valence-corrected chi connectivity index (χ1v) is 2.24. The van der Waals surface area contributed by atoms with Crippen LogP contribution in [0.2, 0.25) is 0 Å². The van der Waals surface area contributed by atoms with Crippen LogP contribution >= 0.6 is 0 Å². The van der Waals surface area contributed by atoms with Crippen LogP contribution in [0.15, 0.2) is 36.7 Å². The second kappa shape index (κ2) is 4.83. The second-order valence-electron chi connectivity index (χ2n) is 1.27. The average Bonchev–Trinajstić information content (AvgIpc) is 1.90. The summed E-state index contributed by atoms with van der Waals surface area (Å²) >= 11 is 0. The molecule has 0 saturated heterocycles. The molecule has 1 heterocycles. The maximum Gasteiger partial charge on any atom is 0.000442 e. The van der Waals surface area contributed by atoms with E-state index in [0.717, 1.165) is 0 Å². The molecule has 0 saturated carbocycles. The molecule has 0 atom stereocenters. The summed E-state index contributed by atoms with van der Waals surface area (Å²) in [6.45, 7) is 0. The molecule has 1 aliphatic heterocycles. The van der Waals surface area contributed by atoms with Gasteiger partial charge >= 0.3 is 0 Å². The van der Waals surface area contributed by atoms with Crippen molar-refractivity contribution >= 4 is 0 Å². The van der Waals surface area contributed by atoms with E-state index in [9.17, 15) is 0 Å². The third-order valence-electron chi connectivity index (χ3n) is 0.718. The van der Waals surface area contributed by atoms with Crippen molar-refractivity contribution in [1.82, 2.24) is 5.32 Å². The van der Waals surface area contributed by atoms with Crippen LogP contribution in [0.5, 0.6) is 0 Å². The van der Waals surface area contributed by atoms with Gasteiger partial charge in [0, 0.05) is 32.8 Å². The first-order chi connectivity index (χ1) is 3.50. The van der Waals surface area contributed by atoms with Crippen LogP contribution in [0.1, 0.15) is 0 Å². The number of hydrogen-bond donors (Lipinski definition) is 1. The molecule has 2 heteroatoms. The van der Waals surface area contributed by atoms with Crippen molar-refractivity contribution in [3.8, 4) is 0 Å². The van der Waals surface area contributed by atoms with Crippen molar-refractivity contribution in [3.63, 3.8) is 0 Å². The van der Waals surface area contributed by atoms with E-state index in [1.54, 1.807) is 0 Å². The first-order valence-electron chi connectivity index (χ1n) is 2.24.